The normalized spacial score (nSPS) is 15.1. The number of sulfonamides is 1. The van der Waals surface area contributed by atoms with Crippen LogP contribution in [0.5, 0.6) is 0 Å². The van der Waals surface area contributed by atoms with E-state index in [1.165, 1.54) is 22.7 Å². The van der Waals surface area contributed by atoms with E-state index in [2.05, 4.69) is 31.0 Å². The Kier molecular flexibility index (Phi) is 3.89. The molecule has 3 rings (SSSR count). The largest absolute Gasteiger partial charge is 0.311 e. The first-order valence-corrected chi connectivity index (χ1v) is 9.84. The van der Waals surface area contributed by atoms with Crippen LogP contribution in [-0.4, -0.2) is 19.9 Å². The Hall–Kier alpha value is -0.480. The fourth-order valence-electron chi connectivity index (χ4n) is 1.90. The Balaban J connectivity index is 1.88. The summed E-state index contributed by atoms with van der Waals surface area (Å²) in [5, 5.41) is 3.69. The minimum absolute atomic E-state index is 0.299. The van der Waals surface area contributed by atoms with Gasteiger partial charge in [-0.05, 0) is 34.5 Å². The highest BCUT2D eigenvalue weighted by Gasteiger charge is 2.22. The van der Waals surface area contributed by atoms with Gasteiger partial charge in [0.2, 0.25) is 0 Å². The summed E-state index contributed by atoms with van der Waals surface area (Å²) in [6.45, 7) is 3.52. The minimum Gasteiger partial charge on any atom is -0.311 e. The number of hydrogen-bond donors (Lipinski definition) is 2. The zero-order valence-corrected chi connectivity index (χ0v) is 14.6. The molecule has 0 radical (unpaired) electrons. The molecule has 0 aromatic carbocycles. The van der Waals surface area contributed by atoms with Crippen LogP contribution >= 0.6 is 38.6 Å². The van der Waals surface area contributed by atoms with Gasteiger partial charge in [-0.25, -0.2) is 13.4 Å². The molecule has 0 unspecified atom stereocenters. The van der Waals surface area contributed by atoms with E-state index in [1.54, 1.807) is 6.07 Å². The number of nitrogens with one attached hydrogen (secondary N) is 2. The van der Waals surface area contributed by atoms with Crippen LogP contribution in [0.25, 0.3) is 0 Å². The molecule has 0 spiro atoms. The molecule has 2 aromatic rings. The average Bonchev–Trinajstić information content (AvgIpc) is 2.93. The van der Waals surface area contributed by atoms with Crippen molar-refractivity contribution in [2.24, 2.45) is 0 Å². The second kappa shape index (κ2) is 5.38. The average molecular weight is 394 g/mol. The van der Waals surface area contributed by atoms with Gasteiger partial charge in [0.25, 0.3) is 10.0 Å². The molecule has 9 heteroatoms. The van der Waals surface area contributed by atoms with Crippen LogP contribution in [-0.2, 0) is 23.0 Å². The number of anilines is 1. The van der Waals surface area contributed by atoms with Gasteiger partial charge in [0, 0.05) is 24.4 Å². The highest BCUT2D eigenvalue weighted by molar-refractivity contribution is 9.11. The molecular weight excluding hydrogens is 382 g/mol. The van der Waals surface area contributed by atoms with Gasteiger partial charge < -0.3 is 5.32 Å². The monoisotopic (exact) mass is 393 g/mol. The zero-order valence-electron chi connectivity index (χ0n) is 10.6. The summed E-state index contributed by atoms with van der Waals surface area (Å²) in [6, 6.07) is 1.66. The van der Waals surface area contributed by atoms with Crippen molar-refractivity contribution in [1.82, 2.24) is 10.3 Å². The van der Waals surface area contributed by atoms with Crippen LogP contribution in [0.3, 0.4) is 0 Å². The molecule has 2 N–H and O–H groups in total. The molecule has 5 nitrogen and oxygen atoms in total. The van der Waals surface area contributed by atoms with E-state index < -0.39 is 10.0 Å². The third-order valence-corrected chi connectivity index (χ3v) is 8.01. The smallest absolute Gasteiger partial charge is 0.273 e. The topological polar surface area (TPSA) is 71.1 Å². The molecule has 0 amide bonds. The van der Waals surface area contributed by atoms with Crippen molar-refractivity contribution in [1.29, 1.82) is 0 Å². The number of hydrogen-bond acceptors (Lipinski definition) is 6. The van der Waals surface area contributed by atoms with Crippen molar-refractivity contribution in [2.75, 3.05) is 11.3 Å². The van der Waals surface area contributed by atoms with Crippen molar-refractivity contribution < 1.29 is 8.42 Å². The summed E-state index contributed by atoms with van der Waals surface area (Å²) < 4.78 is 28.3. The lowest BCUT2D eigenvalue weighted by atomic mass is 10.2. The number of thiazole rings is 1. The Morgan fingerprint density at radius 3 is 2.90 bits per heavy atom. The third-order valence-electron chi connectivity index (χ3n) is 2.92. The number of rotatable bonds is 3. The predicted octanol–water partition coefficient (Wildman–Crippen LogP) is 2.72. The fraction of sp³-hybridized carbons (Fsp3) is 0.364. The van der Waals surface area contributed by atoms with E-state index in [0.717, 1.165) is 39.4 Å². The Morgan fingerprint density at radius 2 is 2.25 bits per heavy atom. The van der Waals surface area contributed by atoms with Crippen molar-refractivity contribution in [2.45, 2.75) is 24.1 Å². The van der Waals surface area contributed by atoms with Gasteiger partial charge in [0.15, 0.2) is 5.13 Å². The quantitative estimate of drug-likeness (QED) is 0.840. The molecule has 20 heavy (non-hydrogen) atoms. The van der Waals surface area contributed by atoms with Crippen LogP contribution in [0.2, 0.25) is 0 Å². The van der Waals surface area contributed by atoms with Gasteiger partial charge >= 0.3 is 0 Å². The minimum atomic E-state index is -3.55. The van der Waals surface area contributed by atoms with E-state index >= 15 is 0 Å². The SMILES string of the molecule is Cc1cc(S(=O)(=O)Nc2nc3c(s2)CNCC3)sc1Br. The molecule has 0 bridgehead atoms. The van der Waals surface area contributed by atoms with Crippen LogP contribution in [0.1, 0.15) is 16.1 Å². The summed E-state index contributed by atoms with van der Waals surface area (Å²) in [5.41, 5.74) is 1.91. The van der Waals surface area contributed by atoms with Crippen LogP contribution in [0, 0.1) is 6.92 Å². The van der Waals surface area contributed by atoms with Crippen molar-refractivity contribution >= 4 is 53.8 Å². The molecule has 3 heterocycles. The summed E-state index contributed by atoms with van der Waals surface area (Å²) >= 11 is 5.95. The zero-order chi connectivity index (χ0) is 14.3. The van der Waals surface area contributed by atoms with Gasteiger partial charge in [-0.3, -0.25) is 4.72 Å². The van der Waals surface area contributed by atoms with E-state index in [1.807, 2.05) is 6.92 Å². The number of aryl methyl sites for hydroxylation is 1. The number of thiophene rings is 1. The van der Waals surface area contributed by atoms with Gasteiger partial charge in [0.05, 0.1) is 9.48 Å². The lowest BCUT2D eigenvalue weighted by molar-refractivity contribution is 0.603. The predicted molar refractivity (Wildman–Crippen MR) is 85.1 cm³/mol. The van der Waals surface area contributed by atoms with E-state index in [4.69, 9.17) is 0 Å². The first-order valence-electron chi connectivity index (χ1n) is 5.94. The molecule has 0 atom stereocenters. The van der Waals surface area contributed by atoms with Crippen LogP contribution in [0.15, 0.2) is 14.1 Å². The lowest BCUT2D eigenvalue weighted by Crippen LogP contribution is -2.22. The van der Waals surface area contributed by atoms with Crippen molar-refractivity contribution in [3.8, 4) is 0 Å². The number of halogens is 1. The molecule has 0 fully saturated rings. The molecule has 1 aliphatic rings. The lowest BCUT2D eigenvalue weighted by Gasteiger charge is -2.09. The molecule has 0 saturated carbocycles. The molecule has 0 saturated heterocycles. The molecular formula is C11H12BrN3O2S3. The van der Waals surface area contributed by atoms with E-state index in [9.17, 15) is 8.42 Å². The van der Waals surface area contributed by atoms with Gasteiger partial charge in [-0.15, -0.1) is 11.3 Å². The summed E-state index contributed by atoms with van der Waals surface area (Å²) in [5.74, 6) is 0. The number of fused-ring (bicyclic) bond motifs is 1. The molecule has 2 aromatic heterocycles. The van der Waals surface area contributed by atoms with E-state index in [0.29, 0.717) is 9.34 Å². The second-order valence-corrected chi connectivity index (χ2v) is 9.81. The Bertz CT molecular complexity index is 708. The highest BCUT2D eigenvalue weighted by Crippen LogP contribution is 2.33. The number of nitrogens with zero attached hydrogens (tertiary/aromatic N) is 1. The van der Waals surface area contributed by atoms with Crippen molar-refractivity contribution in [3.63, 3.8) is 0 Å². The summed E-state index contributed by atoms with van der Waals surface area (Å²) in [7, 11) is -3.55. The fourth-order valence-corrected chi connectivity index (χ4v) is 6.34. The highest BCUT2D eigenvalue weighted by atomic mass is 79.9. The number of aromatic nitrogens is 1. The molecule has 108 valence electrons. The standard InChI is InChI=1S/C11H12BrN3O2S3/c1-6-4-9(19-10(6)12)20(16,17)15-11-14-7-2-3-13-5-8(7)18-11/h4,13H,2-3,5H2,1H3,(H,14,15). The van der Waals surface area contributed by atoms with Crippen LogP contribution in [0.4, 0.5) is 5.13 Å². The first-order chi connectivity index (χ1) is 9.45. The first kappa shape index (κ1) is 14.5. The Labute approximate surface area is 133 Å². The van der Waals surface area contributed by atoms with Crippen LogP contribution < -0.4 is 10.0 Å². The maximum atomic E-state index is 12.3. The van der Waals surface area contributed by atoms with E-state index in [-0.39, 0.29) is 0 Å². The van der Waals surface area contributed by atoms with Crippen molar-refractivity contribution in [3.05, 3.63) is 26.0 Å². The third kappa shape index (κ3) is 2.77. The molecule has 0 aliphatic carbocycles. The summed E-state index contributed by atoms with van der Waals surface area (Å²) in [4.78, 5) is 5.48. The second-order valence-electron chi connectivity index (χ2n) is 4.44. The molecule has 1 aliphatic heterocycles. The maximum absolute atomic E-state index is 12.3. The Morgan fingerprint density at radius 1 is 1.45 bits per heavy atom. The van der Waals surface area contributed by atoms with Gasteiger partial charge in [-0.1, -0.05) is 11.3 Å². The maximum Gasteiger partial charge on any atom is 0.273 e. The summed E-state index contributed by atoms with van der Waals surface area (Å²) in [6.07, 6.45) is 0.844. The van der Waals surface area contributed by atoms with Gasteiger partial charge in [-0.2, -0.15) is 0 Å². The van der Waals surface area contributed by atoms with Gasteiger partial charge in [0.1, 0.15) is 4.21 Å².